The minimum absolute atomic E-state index is 0.275. The molecule has 0 aliphatic carbocycles. The summed E-state index contributed by atoms with van der Waals surface area (Å²) in [6.45, 7) is 0.951. The molecule has 16 nitrogen and oxygen atoms in total. The lowest BCUT2D eigenvalue weighted by molar-refractivity contribution is -0.135. The molecule has 0 bridgehead atoms. The molecule has 4 amide bonds. The SMILES string of the molecule is COC(=O)N[C@@H](C(=O)N1CCC[C@H]1c1ncc(-c2ccc3oc4cc(-c5cnc([C@@H]6CCCN6C(=O)[C@H](NC(=O)OC)c6ccccc6)[nH]5)c(Cl)cc4c(=O)c3c2)[nH]1)c1ccccc1. The van der Waals surface area contributed by atoms with Gasteiger partial charge in [0, 0.05) is 24.2 Å². The molecular weight excluding hydrogens is 840 g/mol. The third-order valence-corrected chi connectivity index (χ3v) is 12.2. The zero-order valence-corrected chi connectivity index (χ0v) is 35.6. The Morgan fingerprint density at radius 1 is 0.703 bits per heavy atom. The van der Waals surface area contributed by atoms with E-state index in [-0.39, 0.29) is 28.7 Å². The molecule has 3 aromatic heterocycles. The normalized spacial score (nSPS) is 17.0. The zero-order chi connectivity index (χ0) is 44.5. The highest BCUT2D eigenvalue weighted by Gasteiger charge is 2.38. The van der Waals surface area contributed by atoms with Crippen molar-refractivity contribution in [2.45, 2.75) is 49.9 Å². The van der Waals surface area contributed by atoms with Crippen LogP contribution in [-0.2, 0) is 19.1 Å². The van der Waals surface area contributed by atoms with Crippen molar-refractivity contribution in [1.29, 1.82) is 0 Å². The summed E-state index contributed by atoms with van der Waals surface area (Å²) in [7, 11) is 2.50. The Morgan fingerprint density at radius 2 is 1.22 bits per heavy atom. The molecular formula is C47H43ClN8O8. The number of carbonyl (C=O) groups excluding carboxylic acids is 4. The number of aromatic amines is 2. The molecule has 326 valence electrons. The maximum absolute atomic E-state index is 14.1. The van der Waals surface area contributed by atoms with Gasteiger partial charge < -0.3 is 44.3 Å². The predicted octanol–water partition coefficient (Wildman–Crippen LogP) is 7.90. The Hall–Kier alpha value is -7.46. The van der Waals surface area contributed by atoms with Crippen molar-refractivity contribution in [2.24, 2.45) is 0 Å². The van der Waals surface area contributed by atoms with E-state index in [1.165, 1.54) is 14.2 Å². The molecule has 2 fully saturated rings. The van der Waals surface area contributed by atoms with E-state index < -0.39 is 30.3 Å². The summed E-state index contributed by atoms with van der Waals surface area (Å²) in [5.41, 5.74) is 4.12. The van der Waals surface area contributed by atoms with Crippen molar-refractivity contribution in [1.82, 2.24) is 40.4 Å². The fraction of sp³-hybridized carbons (Fsp3) is 0.255. The minimum Gasteiger partial charge on any atom is -0.456 e. The number of imidazole rings is 2. The molecule has 2 aliphatic rings. The number of alkyl carbamates (subject to hydrolysis) is 2. The first-order valence-electron chi connectivity index (χ1n) is 20.8. The van der Waals surface area contributed by atoms with Crippen LogP contribution in [-0.4, -0.2) is 81.0 Å². The summed E-state index contributed by atoms with van der Waals surface area (Å²) in [4.78, 5) is 86.1. The summed E-state index contributed by atoms with van der Waals surface area (Å²) in [6, 6.07) is 23.9. The number of benzene rings is 4. The Morgan fingerprint density at radius 3 is 1.77 bits per heavy atom. The highest BCUT2D eigenvalue weighted by Crippen LogP contribution is 2.38. The van der Waals surface area contributed by atoms with Crippen LogP contribution < -0.4 is 16.1 Å². The Kier molecular flexibility index (Phi) is 11.6. The highest BCUT2D eigenvalue weighted by atomic mass is 35.5. The number of hydrogen-bond acceptors (Lipinski definition) is 10. The standard InChI is InChI=1S/C47H43ClN8O8/c1-62-46(60)53-39(26-11-5-3-6-12-26)44(58)55-19-9-15-35(55)42-49-24-33(51-42)28-17-18-37-30(21-28)41(57)31-22-32(48)29(23-38(31)64-37)34-25-50-43(52-34)36-16-10-20-56(36)45(59)40(54-47(61)63-2)27-13-7-4-8-14-27/h3-8,11-14,17-18,21-25,35-36,39-40H,9-10,15-16,19-20H2,1-2H3,(H,49,51)(H,50,52)(H,53,60)(H,54,61)/t35-,36-,39+,40+/m0/s1. The van der Waals surface area contributed by atoms with Crippen LogP contribution in [0.4, 0.5) is 9.59 Å². The summed E-state index contributed by atoms with van der Waals surface area (Å²) in [5.74, 6) is 0.562. The second-order valence-electron chi connectivity index (χ2n) is 15.7. The molecule has 64 heavy (non-hydrogen) atoms. The second-order valence-corrected chi connectivity index (χ2v) is 16.1. The van der Waals surface area contributed by atoms with Gasteiger partial charge in [-0.2, -0.15) is 0 Å². The van der Waals surface area contributed by atoms with Crippen LogP contribution in [0.1, 0.15) is 72.6 Å². The van der Waals surface area contributed by atoms with Crippen LogP contribution in [0.25, 0.3) is 44.5 Å². The van der Waals surface area contributed by atoms with Gasteiger partial charge in [-0.15, -0.1) is 0 Å². The van der Waals surface area contributed by atoms with E-state index in [4.69, 9.17) is 25.5 Å². The first-order chi connectivity index (χ1) is 31.1. The number of ether oxygens (including phenoxy) is 2. The van der Waals surface area contributed by atoms with Gasteiger partial charge in [-0.05, 0) is 67.1 Å². The summed E-state index contributed by atoms with van der Waals surface area (Å²) in [5, 5.41) is 6.28. The smallest absolute Gasteiger partial charge is 0.407 e. The Bertz CT molecular complexity index is 2950. The first-order valence-corrected chi connectivity index (χ1v) is 21.2. The molecule has 17 heteroatoms. The quantitative estimate of drug-likeness (QED) is 0.0978. The number of likely N-dealkylation sites (tertiary alicyclic amines) is 2. The lowest BCUT2D eigenvalue weighted by Gasteiger charge is -2.28. The number of nitrogens with one attached hydrogen (secondary N) is 4. The molecule has 2 aliphatic heterocycles. The van der Waals surface area contributed by atoms with E-state index in [2.05, 4.69) is 30.6 Å². The minimum atomic E-state index is -0.956. The third kappa shape index (κ3) is 8.03. The van der Waals surface area contributed by atoms with E-state index in [0.717, 1.165) is 12.8 Å². The lowest BCUT2D eigenvalue weighted by Crippen LogP contribution is -2.42. The number of halogens is 1. The molecule has 0 saturated carbocycles. The third-order valence-electron chi connectivity index (χ3n) is 11.9. The van der Waals surface area contributed by atoms with Gasteiger partial charge in [-0.25, -0.2) is 19.6 Å². The van der Waals surface area contributed by atoms with E-state index >= 15 is 0 Å². The van der Waals surface area contributed by atoms with Crippen molar-refractivity contribution >= 4 is 57.5 Å². The van der Waals surface area contributed by atoms with E-state index in [0.29, 0.717) is 92.8 Å². The number of fused-ring (bicyclic) bond motifs is 2. The number of amides is 4. The van der Waals surface area contributed by atoms with Crippen molar-refractivity contribution < 1.29 is 33.1 Å². The van der Waals surface area contributed by atoms with Crippen molar-refractivity contribution in [2.75, 3.05) is 27.3 Å². The maximum atomic E-state index is 14.1. The van der Waals surface area contributed by atoms with E-state index in [9.17, 15) is 24.0 Å². The number of aromatic nitrogens is 4. The average molecular weight is 883 g/mol. The average Bonchev–Trinajstić information content (AvgIpc) is 4.18. The Balaban J connectivity index is 0.957. The fourth-order valence-corrected chi connectivity index (χ4v) is 8.99. The van der Waals surface area contributed by atoms with Gasteiger partial charge in [-0.3, -0.25) is 14.4 Å². The molecule has 4 N–H and O–H groups in total. The van der Waals surface area contributed by atoms with Gasteiger partial charge in [0.15, 0.2) is 0 Å². The van der Waals surface area contributed by atoms with Gasteiger partial charge in [0.05, 0.1) is 65.9 Å². The number of hydrogen-bond donors (Lipinski definition) is 4. The summed E-state index contributed by atoms with van der Waals surface area (Å²) < 4.78 is 16.0. The number of H-pyrrole nitrogens is 2. The highest BCUT2D eigenvalue weighted by molar-refractivity contribution is 6.34. The van der Waals surface area contributed by atoms with E-state index in [1.807, 2.05) is 18.2 Å². The van der Waals surface area contributed by atoms with Gasteiger partial charge in [0.2, 0.25) is 5.43 Å². The molecule has 2 saturated heterocycles. The molecule has 0 radical (unpaired) electrons. The van der Waals surface area contributed by atoms with Crippen molar-refractivity contribution in [3.05, 3.63) is 141 Å². The van der Waals surface area contributed by atoms with Crippen LogP contribution in [0.3, 0.4) is 0 Å². The predicted molar refractivity (Wildman–Crippen MR) is 237 cm³/mol. The van der Waals surface area contributed by atoms with Crippen LogP contribution in [0.2, 0.25) is 5.02 Å². The number of carbonyl (C=O) groups is 4. The molecule has 0 unspecified atom stereocenters. The van der Waals surface area contributed by atoms with Crippen LogP contribution >= 0.6 is 11.6 Å². The van der Waals surface area contributed by atoms with E-state index in [1.54, 1.807) is 95.0 Å². The molecule has 9 rings (SSSR count). The van der Waals surface area contributed by atoms with Crippen LogP contribution in [0, 0.1) is 0 Å². The Labute approximate surface area is 370 Å². The topological polar surface area (TPSA) is 205 Å². The molecule has 4 aromatic carbocycles. The van der Waals surface area contributed by atoms with Crippen LogP contribution in [0.15, 0.2) is 113 Å². The molecule has 0 spiro atoms. The van der Waals surface area contributed by atoms with Crippen molar-refractivity contribution in [3.63, 3.8) is 0 Å². The number of nitrogens with zero attached hydrogens (tertiary/aromatic N) is 4. The maximum Gasteiger partial charge on any atom is 0.407 e. The number of methoxy groups -OCH3 is 2. The van der Waals surface area contributed by atoms with Gasteiger partial charge in [0.1, 0.15) is 34.9 Å². The molecule has 4 atom stereocenters. The summed E-state index contributed by atoms with van der Waals surface area (Å²) in [6.07, 6.45) is 4.67. The van der Waals surface area contributed by atoms with Gasteiger partial charge in [-0.1, -0.05) is 72.3 Å². The molecule has 7 aromatic rings. The molecule has 5 heterocycles. The van der Waals surface area contributed by atoms with Gasteiger partial charge in [0.25, 0.3) is 11.8 Å². The second kappa shape index (κ2) is 17.7. The van der Waals surface area contributed by atoms with Gasteiger partial charge >= 0.3 is 12.2 Å². The first kappa shape index (κ1) is 41.9. The summed E-state index contributed by atoms with van der Waals surface area (Å²) >= 11 is 6.88. The number of rotatable bonds is 10. The van der Waals surface area contributed by atoms with Crippen molar-refractivity contribution in [3.8, 4) is 22.5 Å². The largest absolute Gasteiger partial charge is 0.456 e. The lowest BCUT2D eigenvalue weighted by atomic mass is 10.0. The monoisotopic (exact) mass is 882 g/mol. The zero-order valence-electron chi connectivity index (χ0n) is 34.8. The van der Waals surface area contributed by atoms with Crippen LogP contribution in [0.5, 0.6) is 0 Å². The fourth-order valence-electron chi connectivity index (χ4n) is 8.73.